The van der Waals surface area contributed by atoms with Crippen molar-refractivity contribution in [2.24, 2.45) is 5.73 Å². The summed E-state index contributed by atoms with van der Waals surface area (Å²) < 4.78 is 0. The number of aliphatic carboxylic acids is 1. The number of thioether (sulfide) groups is 1. The van der Waals surface area contributed by atoms with Gasteiger partial charge in [0.15, 0.2) is 0 Å². The van der Waals surface area contributed by atoms with Gasteiger partial charge in [0.05, 0.1) is 0 Å². The van der Waals surface area contributed by atoms with Crippen LogP contribution >= 0.6 is 11.8 Å². The van der Waals surface area contributed by atoms with Crippen molar-refractivity contribution in [3.63, 3.8) is 0 Å². The fourth-order valence-corrected chi connectivity index (χ4v) is 1.05. The van der Waals surface area contributed by atoms with Crippen molar-refractivity contribution in [1.29, 1.82) is 0 Å². The Morgan fingerprint density at radius 1 is 1.82 bits per heavy atom. The molecule has 5 heteroatoms. The second kappa shape index (κ2) is 8.62. The first-order chi connectivity index (χ1) is 4.68. The van der Waals surface area contributed by atoms with Crippen LogP contribution in [0.25, 0.3) is 0 Å². The Labute approximate surface area is 92.7 Å². The molecule has 0 spiro atoms. The van der Waals surface area contributed by atoms with Gasteiger partial charge in [0.2, 0.25) is 0 Å². The summed E-state index contributed by atoms with van der Waals surface area (Å²) in [5, 5.41) is 8.32. The molecule has 0 aliphatic carbocycles. The van der Waals surface area contributed by atoms with Crippen LogP contribution in [0.2, 0.25) is 0 Å². The summed E-state index contributed by atoms with van der Waals surface area (Å²) in [4.78, 5) is 10.1. The minimum atomic E-state index is -0.948. The van der Waals surface area contributed by atoms with Crippen LogP contribution in [0.4, 0.5) is 0 Å². The third-order valence-corrected chi connectivity index (χ3v) is 1.92. The topological polar surface area (TPSA) is 63.3 Å². The quantitative estimate of drug-likeness (QED) is 0.357. The first-order valence-electron chi connectivity index (χ1n) is 2.85. The number of hydrogen-bond acceptors (Lipinski definition) is 3. The van der Waals surface area contributed by atoms with Gasteiger partial charge in [-0.2, -0.15) is 11.8 Å². The maximum absolute atomic E-state index is 10.1. The smallest absolute Gasteiger partial charge is 0.321 e. The van der Waals surface area contributed by atoms with Crippen molar-refractivity contribution in [3.8, 4) is 0 Å². The van der Waals surface area contributed by atoms with E-state index in [1.54, 1.807) is 6.08 Å². The van der Waals surface area contributed by atoms with Gasteiger partial charge in [0.1, 0.15) is 6.04 Å². The van der Waals surface area contributed by atoms with E-state index >= 15 is 0 Å². The Morgan fingerprint density at radius 3 is 2.73 bits per heavy atom. The molecule has 0 bridgehead atoms. The van der Waals surface area contributed by atoms with E-state index in [2.05, 4.69) is 6.58 Å². The Morgan fingerprint density at radius 2 is 2.36 bits per heavy atom. The summed E-state index contributed by atoms with van der Waals surface area (Å²) in [6.07, 6.45) is 1.72. The molecular formula is C6H11NNaO2S. The summed E-state index contributed by atoms with van der Waals surface area (Å²) in [6.45, 7) is 3.49. The van der Waals surface area contributed by atoms with E-state index in [9.17, 15) is 4.79 Å². The van der Waals surface area contributed by atoms with Gasteiger partial charge >= 0.3 is 5.97 Å². The van der Waals surface area contributed by atoms with Gasteiger partial charge in [0.25, 0.3) is 0 Å². The predicted octanol–water partition coefficient (Wildman–Crippen LogP) is -0.0633. The standard InChI is InChI=1S/C6H11NO2S.Na/c1-2-3-10-4-5(7)6(8)9;/h2,5H,1,3-4,7H2,(H,8,9);/t5-;/m0./s1. The molecule has 0 rings (SSSR count). The van der Waals surface area contributed by atoms with Crippen LogP contribution in [0.15, 0.2) is 12.7 Å². The number of carboxylic acids is 1. The SMILES string of the molecule is C=CCSC[C@H](N)C(=O)O.[Na]. The molecule has 59 valence electrons. The van der Waals surface area contributed by atoms with Crippen molar-refractivity contribution in [2.75, 3.05) is 11.5 Å². The van der Waals surface area contributed by atoms with E-state index < -0.39 is 12.0 Å². The molecule has 0 saturated carbocycles. The van der Waals surface area contributed by atoms with E-state index in [-0.39, 0.29) is 29.6 Å². The molecule has 0 aromatic carbocycles. The molecule has 0 aliphatic rings. The summed E-state index contributed by atoms with van der Waals surface area (Å²) in [5.41, 5.74) is 5.20. The summed E-state index contributed by atoms with van der Waals surface area (Å²) in [7, 11) is 0. The molecular weight excluding hydrogens is 173 g/mol. The largest absolute Gasteiger partial charge is 0.480 e. The normalized spacial score (nSPS) is 11.4. The zero-order valence-electron chi connectivity index (χ0n) is 6.62. The Bertz CT molecular complexity index is 132. The molecule has 0 aromatic heterocycles. The average Bonchev–Trinajstić information content (AvgIpc) is 1.88. The first kappa shape index (κ1) is 14.1. The van der Waals surface area contributed by atoms with Crippen molar-refractivity contribution in [2.45, 2.75) is 6.04 Å². The van der Waals surface area contributed by atoms with Gasteiger partial charge in [-0.3, -0.25) is 4.79 Å². The molecule has 0 heterocycles. The molecule has 0 fully saturated rings. The molecule has 0 aromatic rings. The second-order valence-corrected chi connectivity index (χ2v) is 2.85. The molecule has 3 N–H and O–H groups in total. The molecule has 0 unspecified atom stereocenters. The van der Waals surface area contributed by atoms with Crippen molar-refractivity contribution in [1.82, 2.24) is 0 Å². The number of nitrogens with two attached hydrogens (primary N) is 1. The number of carbonyl (C=O) groups is 1. The third kappa shape index (κ3) is 8.43. The molecule has 0 saturated heterocycles. The fraction of sp³-hybridized carbons (Fsp3) is 0.500. The fourth-order valence-electron chi connectivity index (χ4n) is 0.350. The van der Waals surface area contributed by atoms with E-state index in [4.69, 9.17) is 10.8 Å². The number of rotatable bonds is 5. The van der Waals surface area contributed by atoms with Gasteiger partial charge in [-0.25, -0.2) is 0 Å². The minimum Gasteiger partial charge on any atom is -0.480 e. The van der Waals surface area contributed by atoms with Crippen molar-refractivity contribution < 1.29 is 9.90 Å². The third-order valence-electron chi connectivity index (χ3n) is 0.850. The van der Waals surface area contributed by atoms with Crippen LogP contribution in [0.3, 0.4) is 0 Å². The molecule has 0 amide bonds. The van der Waals surface area contributed by atoms with Gasteiger partial charge in [-0.05, 0) is 0 Å². The Hall–Kier alpha value is 0.520. The van der Waals surface area contributed by atoms with Crippen molar-refractivity contribution >= 4 is 47.3 Å². The van der Waals surface area contributed by atoms with Gasteiger partial charge in [-0.15, -0.1) is 6.58 Å². The molecule has 0 aliphatic heterocycles. The van der Waals surface area contributed by atoms with Crippen LogP contribution in [0.5, 0.6) is 0 Å². The summed E-state index contributed by atoms with van der Waals surface area (Å²) in [5.74, 6) is 0.249. The van der Waals surface area contributed by atoms with Gasteiger partial charge < -0.3 is 10.8 Å². The first-order valence-corrected chi connectivity index (χ1v) is 4.01. The second-order valence-electron chi connectivity index (χ2n) is 1.77. The van der Waals surface area contributed by atoms with Crippen LogP contribution in [0, 0.1) is 0 Å². The molecule has 1 radical (unpaired) electrons. The number of carboxylic acid groups (broad SMARTS) is 1. The Kier molecular flexibility index (Phi) is 11.0. The number of hydrogen-bond donors (Lipinski definition) is 2. The van der Waals surface area contributed by atoms with E-state index in [1.165, 1.54) is 11.8 Å². The average molecular weight is 184 g/mol. The summed E-state index contributed by atoms with van der Waals surface area (Å²) >= 11 is 1.47. The minimum absolute atomic E-state index is 0. The maximum Gasteiger partial charge on any atom is 0.321 e. The van der Waals surface area contributed by atoms with Crippen LogP contribution in [-0.4, -0.2) is 58.2 Å². The van der Waals surface area contributed by atoms with Crippen LogP contribution in [0.1, 0.15) is 0 Å². The molecule has 3 nitrogen and oxygen atoms in total. The van der Waals surface area contributed by atoms with Gasteiger partial charge in [0, 0.05) is 41.1 Å². The van der Waals surface area contributed by atoms with E-state index in [1.807, 2.05) is 0 Å². The van der Waals surface area contributed by atoms with Crippen molar-refractivity contribution in [3.05, 3.63) is 12.7 Å². The Balaban J connectivity index is 0. The molecule has 1 atom stereocenters. The zero-order valence-corrected chi connectivity index (χ0v) is 9.43. The monoisotopic (exact) mass is 184 g/mol. The van der Waals surface area contributed by atoms with E-state index in [0.717, 1.165) is 5.75 Å². The van der Waals surface area contributed by atoms with Crippen LogP contribution < -0.4 is 5.73 Å². The van der Waals surface area contributed by atoms with Gasteiger partial charge in [-0.1, -0.05) is 6.08 Å². The zero-order chi connectivity index (χ0) is 7.98. The maximum atomic E-state index is 10.1. The molecule has 11 heavy (non-hydrogen) atoms. The van der Waals surface area contributed by atoms with Crippen LogP contribution in [-0.2, 0) is 4.79 Å². The predicted molar refractivity (Wildman–Crippen MR) is 48.9 cm³/mol. The summed E-state index contributed by atoms with van der Waals surface area (Å²) in [6, 6.07) is -0.745. The van der Waals surface area contributed by atoms with E-state index in [0.29, 0.717) is 5.75 Å².